The molecule has 1 spiro atoms. The molecule has 3 saturated heterocycles. The molecule has 4 heterocycles. The largest absolute Gasteiger partial charge is 0.451 e. The molecule has 1 aliphatic carbocycles. The molecule has 1 amide bonds. The molecule has 0 radical (unpaired) electrons. The first-order valence-corrected chi connectivity index (χ1v) is 12.5. The lowest BCUT2D eigenvalue weighted by atomic mass is 9.78. The number of nitrogens with zero attached hydrogens (tertiary/aromatic N) is 6. The van der Waals surface area contributed by atoms with Crippen molar-refractivity contribution in [2.75, 3.05) is 55.6 Å². The van der Waals surface area contributed by atoms with Crippen LogP contribution in [0.4, 0.5) is 24.8 Å². The summed E-state index contributed by atoms with van der Waals surface area (Å²) < 4.78 is 41.2. The second kappa shape index (κ2) is 9.11. The Balaban J connectivity index is 1.29. The SMILES string of the molecule is C=CC(=O)N1CCN([C@@H]2CN(c3cc(N4CCC5(C=CCC5)CC4)nc(C(F)(F)F)n3)[C@@H]2C)CC1. The molecule has 10 heteroatoms. The van der Waals surface area contributed by atoms with E-state index in [0.29, 0.717) is 44.4 Å². The Morgan fingerprint density at radius 3 is 2.34 bits per heavy atom. The van der Waals surface area contributed by atoms with E-state index in [-0.39, 0.29) is 23.4 Å². The van der Waals surface area contributed by atoms with Gasteiger partial charge in [-0.25, -0.2) is 9.97 Å². The predicted molar refractivity (Wildman–Crippen MR) is 128 cm³/mol. The monoisotopic (exact) mass is 490 g/mol. The molecular formula is C25H33F3N6O. The Hall–Kier alpha value is -2.62. The van der Waals surface area contributed by atoms with Gasteiger partial charge in [-0.15, -0.1) is 0 Å². The van der Waals surface area contributed by atoms with E-state index >= 15 is 0 Å². The number of allylic oxidation sites excluding steroid dienone is 2. The lowest BCUT2D eigenvalue weighted by Gasteiger charge is -2.53. The van der Waals surface area contributed by atoms with Crippen molar-refractivity contribution in [3.63, 3.8) is 0 Å². The number of hydrogen-bond donors (Lipinski definition) is 0. The number of piperidine rings is 1. The summed E-state index contributed by atoms with van der Waals surface area (Å²) in [6.07, 6.45) is 5.35. The lowest BCUT2D eigenvalue weighted by Crippen LogP contribution is -2.68. The van der Waals surface area contributed by atoms with Crippen LogP contribution in [0.1, 0.15) is 38.4 Å². The van der Waals surface area contributed by atoms with Gasteiger partial charge in [0, 0.05) is 64.0 Å². The van der Waals surface area contributed by atoms with Crippen molar-refractivity contribution >= 4 is 17.5 Å². The summed E-state index contributed by atoms with van der Waals surface area (Å²) in [5, 5.41) is 0. The van der Waals surface area contributed by atoms with Gasteiger partial charge in [0.2, 0.25) is 11.7 Å². The van der Waals surface area contributed by atoms with Gasteiger partial charge in [0.25, 0.3) is 0 Å². The van der Waals surface area contributed by atoms with E-state index in [9.17, 15) is 18.0 Å². The van der Waals surface area contributed by atoms with E-state index < -0.39 is 12.0 Å². The summed E-state index contributed by atoms with van der Waals surface area (Å²) in [5.74, 6) is -0.425. The van der Waals surface area contributed by atoms with Crippen molar-refractivity contribution in [2.45, 2.75) is 50.9 Å². The molecule has 0 saturated carbocycles. The van der Waals surface area contributed by atoms with Crippen molar-refractivity contribution < 1.29 is 18.0 Å². The molecular weight excluding hydrogens is 457 g/mol. The molecule has 7 nitrogen and oxygen atoms in total. The average molecular weight is 491 g/mol. The zero-order valence-electron chi connectivity index (χ0n) is 20.2. The van der Waals surface area contributed by atoms with Crippen LogP contribution < -0.4 is 9.80 Å². The second-order valence-electron chi connectivity index (χ2n) is 10.2. The molecule has 0 unspecified atom stereocenters. The maximum atomic E-state index is 13.7. The van der Waals surface area contributed by atoms with Crippen LogP contribution in [0.3, 0.4) is 0 Å². The number of carbonyl (C=O) groups excluding carboxylic acids is 1. The second-order valence-corrected chi connectivity index (χ2v) is 10.2. The van der Waals surface area contributed by atoms with Gasteiger partial charge >= 0.3 is 6.18 Å². The van der Waals surface area contributed by atoms with Crippen LogP contribution in [0.25, 0.3) is 0 Å². The van der Waals surface area contributed by atoms with Crippen molar-refractivity contribution in [1.29, 1.82) is 0 Å². The Kier molecular flexibility index (Phi) is 6.27. The standard InChI is InChI=1S/C25H33F3N6O/c1-3-22(35)33-14-12-31(13-15-33)19-17-34(18(19)2)21-16-20(29-23(30-21)25(26,27)28)32-10-8-24(9-11-32)6-4-5-7-24/h3-4,6,16,18-19H,1,5,7-15,17H2,2H3/t18-,19-/m1/s1. The summed E-state index contributed by atoms with van der Waals surface area (Å²) >= 11 is 0. The van der Waals surface area contributed by atoms with Gasteiger partial charge < -0.3 is 14.7 Å². The zero-order valence-corrected chi connectivity index (χ0v) is 20.2. The van der Waals surface area contributed by atoms with Crippen LogP contribution in [0, 0.1) is 5.41 Å². The van der Waals surface area contributed by atoms with E-state index in [2.05, 4.69) is 33.6 Å². The molecule has 0 bridgehead atoms. The Labute approximate surface area is 204 Å². The highest BCUT2D eigenvalue weighted by Gasteiger charge is 2.43. The van der Waals surface area contributed by atoms with E-state index in [4.69, 9.17) is 0 Å². The van der Waals surface area contributed by atoms with Gasteiger partial charge in [-0.1, -0.05) is 18.7 Å². The van der Waals surface area contributed by atoms with Gasteiger partial charge in [-0.3, -0.25) is 9.69 Å². The van der Waals surface area contributed by atoms with E-state index in [0.717, 1.165) is 38.8 Å². The Bertz CT molecular complexity index is 995. The molecule has 0 aromatic carbocycles. The third-order valence-electron chi connectivity index (χ3n) is 8.31. The normalized spacial score (nSPS) is 26.8. The number of aromatic nitrogens is 2. The van der Waals surface area contributed by atoms with Crippen molar-refractivity contribution in [2.24, 2.45) is 5.41 Å². The highest BCUT2D eigenvalue weighted by Crippen LogP contribution is 2.43. The molecule has 3 fully saturated rings. The van der Waals surface area contributed by atoms with E-state index in [1.807, 2.05) is 16.7 Å². The molecule has 1 aromatic rings. The fourth-order valence-electron chi connectivity index (χ4n) is 5.96. The van der Waals surface area contributed by atoms with Crippen molar-refractivity contribution in [3.05, 3.63) is 36.7 Å². The van der Waals surface area contributed by atoms with E-state index in [1.54, 1.807) is 11.0 Å². The average Bonchev–Trinajstić information content (AvgIpc) is 3.30. The summed E-state index contributed by atoms with van der Waals surface area (Å²) in [6.45, 7) is 10.3. The van der Waals surface area contributed by atoms with Crippen LogP contribution in [0.15, 0.2) is 30.9 Å². The van der Waals surface area contributed by atoms with Crippen LogP contribution in [-0.2, 0) is 11.0 Å². The number of piperazine rings is 1. The summed E-state index contributed by atoms with van der Waals surface area (Å²) in [6, 6.07) is 1.96. The number of amides is 1. The third kappa shape index (κ3) is 4.64. The zero-order chi connectivity index (χ0) is 24.8. The summed E-state index contributed by atoms with van der Waals surface area (Å²) in [4.78, 5) is 27.7. The number of alkyl halides is 3. The predicted octanol–water partition coefficient (Wildman–Crippen LogP) is 3.34. The van der Waals surface area contributed by atoms with Crippen molar-refractivity contribution in [3.8, 4) is 0 Å². The minimum absolute atomic E-state index is 0.0220. The van der Waals surface area contributed by atoms with Crippen molar-refractivity contribution in [1.82, 2.24) is 19.8 Å². The Morgan fingerprint density at radius 2 is 1.77 bits per heavy atom. The molecule has 2 atom stereocenters. The number of halogens is 3. The van der Waals surface area contributed by atoms with Gasteiger partial charge in [-0.2, -0.15) is 13.2 Å². The summed E-state index contributed by atoms with van der Waals surface area (Å²) in [5.41, 5.74) is 0.207. The third-order valence-corrected chi connectivity index (χ3v) is 8.31. The highest BCUT2D eigenvalue weighted by atomic mass is 19.4. The smallest absolute Gasteiger partial charge is 0.356 e. The summed E-state index contributed by atoms with van der Waals surface area (Å²) in [7, 11) is 0. The van der Waals surface area contributed by atoms with Crippen LogP contribution in [-0.4, -0.2) is 83.6 Å². The molecule has 1 aromatic heterocycles. The fourth-order valence-corrected chi connectivity index (χ4v) is 5.96. The minimum atomic E-state index is -4.60. The number of carbonyl (C=O) groups is 1. The van der Waals surface area contributed by atoms with Crippen LogP contribution in [0.2, 0.25) is 0 Å². The van der Waals surface area contributed by atoms with Gasteiger partial charge in [-0.05, 0) is 44.1 Å². The van der Waals surface area contributed by atoms with Gasteiger partial charge in [0.15, 0.2) is 0 Å². The van der Waals surface area contributed by atoms with Gasteiger partial charge in [0.1, 0.15) is 11.6 Å². The molecule has 0 N–H and O–H groups in total. The maximum absolute atomic E-state index is 13.7. The van der Waals surface area contributed by atoms with Gasteiger partial charge in [0.05, 0.1) is 0 Å². The number of hydrogen-bond acceptors (Lipinski definition) is 6. The first-order valence-electron chi connectivity index (χ1n) is 12.5. The minimum Gasteiger partial charge on any atom is -0.356 e. The fraction of sp³-hybridized carbons (Fsp3) is 0.640. The number of anilines is 2. The Morgan fingerprint density at radius 1 is 1.09 bits per heavy atom. The molecule has 5 rings (SSSR count). The molecule has 190 valence electrons. The molecule has 4 aliphatic rings. The van der Waals surface area contributed by atoms with Crippen LogP contribution in [0.5, 0.6) is 0 Å². The quantitative estimate of drug-likeness (QED) is 0.477. The lowest BCUT2D eigenvalue weighted by molar-refractivity contribution is -0.144. The highest BCUT2D eigenvalue weighted by molar-refractivity contribution is 5.87. The first-order chi connectivity index (χ1) is 16.7. The first kappa shape index (κ1) is 24.1. The van der Waals surface area contributed by atoms with Crippen LogP contribution >= 0.6 is 0 Å². The molecule has 3 aliphatic heterocycles. The topological polar surface area (TPSA) is 55.8 Å². The number of rotatable bonds is 4. The van der Waals surface area contributed by atoms with E-state index in [1.165, 1.54) is 6.08 Å². The maximum Gasteiger partial charge on any atom is 0.451 e. The molecule has 35 heavy (non-hydrogen) atoms.